The van der Waals surface area contributed by atoms with Crippen LogP contribution in [0.2, 0.25) is 0 Å². The summed E-state index contributed by atoms with van der Waals surface area (Å²) in [4.78, 5) is 2.33. The molecule has 0 fully saturated rings. The molecule has 0 saturated heterocycles. The molecule has 0 radical (unpaired) electrons. The van der Waals surface area contributed by atoms with Gasteiger partial charge in [0.05, 0.1) is 0 Å². The van der Waals surface area contributed by atoms with Gasteiger partial charge in [0.1, 0.15) is 0 Å². The van der Waals surface area contributed by atoms with Crippen molar-refractivity contribution in [1.29, 1.82) is 0 Å². The standard InChI is InChI=1S/C46H41N/c1-33-14-13-17-36(25-24-33)46-42-23-12-11-22-41(42)45(35-15-5-2-6-16-35)43-31-28-37(32-44(43)46)34-26-29-40(30-27-34)47(38-18-7-3-8-19-38)39-20-9-4-10-21-39/h2-12,15-16,18-23,25-33,43,45H,13-14,17,24H2,1H3. The fourth-order valence-electron chi connectivity index (χ4n) is 7.92. The fourth-order valence-corrected chi connectivity index (χ4v) is 7.92. The molecule has 230 valence electrons. The summed E-state index contributed by atoms with van der Waals surface area (Å²) < 4.78 is 0. The number of anilines is 3. The Morgan fingerprint density at radius 3 is 1.96 bits per heavy atom. The van der Waals surface area contributed by atoms with Gasteiger partial charge >= 0.3 is 0 Å². The van der Waals surface area contributed by atoms with Crippen LogP contribution in [0.15, 0.2) is 175 Å². The third-order valence-corrected chi connectivity index (χ3v) is 10.2. The molecule has 0 N–H and O–H groups in total. The van der Waals surface area contributed by atoms with E-state index in [0.29, 0.717) is 5.92 Å². The highest BCUT2D eigenvalue weighted by molar-refractivity contribution is 5.92. The SMILES string of the molecule is CC1CC=C(C2=C3C=C(c4ccc(N(c5ccccc5)c5ccccc5)cc4)C=CC3C(c3ccccc3)c3ccccc32)CCC1. The van der Waals surface area contributed by atoms with Crippen molar-refractivity contribution < 1.29 is 0 Å². The number of hydrogen-bond acceptors (Lipinski definition) is 1. The Labute approximate surface area is 279 Å². The van der Waals surface area contributed by atoms with Crippen molar-refractivity contribution in [2.45, 2.75) is 38.5 Å². The van der Waals surface area contributed by atoms with E-state index in [2.05, 4.69) is 176 Å². The average molecular weight is 608 g/mol. The first-order valence-electron chi connectivity index (χ1n) is 17.2. The molecule has 3 aliphatic rings. The zero-order chi connectivity index (χ0) is 31.6. The van der Waals surface area contributed by atoms with Crippen LogP contribution < -0.4 is 4.90 Å². The molecule has 0 spiro atoms. The van der Waals surface area contributed by atoms with Gasteiger partial charge in [0, 0.05) is 28.9 Å². The number of benzene rings is 5. The fraction of sp³-hybridized carbons (Fsp3) is 0.174. The van der Waals surface area contributed by atoms with Gasteiger partial charge < -0.3 is 4.90 Å². The van der Waals surface area contributed by atoms with Crippen LogP contribution in [0.3, 0.4) is 0 Å². The van der Waals surface area contributed by atoms with Crippen molar-refractivity contribution in [2.75, 3.05) is 4.90 Å². The molecule has 0 saturated carbocycles. The highest BCUT2D eigenvalue weighted by Crippen LogP contribution is 2.52. The van der Waals surface area contributed by atoms with Gasteiger partial charge in [-0.25, -0.2) is 0 Å². The smallest absolute Gasteiger partial charge is 0.0462 e. The maximum atomic E-state index is 2.57. The summed E-state index contributed by atoms with van der Waals surface area (Å²) in [5.41, 5.74) is 14.7. The summed E-state index contributed by atoms with van der Waals surface area (Å²) in [6.07, 6.45) is 14.8. The van der Waals surface area contributed by atoms with E-state index in [1.165, 1.54) is 57.4 Å². The molecule has 0 amide bonds. The summed E-state index contributed by atoms with van der Waals surface area (Å²) in [6, 6.07) is 50.7. The van der Waals surface area contributed by atoms with E-state index < -0.39 is 0 Å². The molecule has 0 heterocycles. The Morgan fingerprint density at radius 1 is 0.638 bits per heavy atom. The van der Waals surface area contributed by atoms with E-state index in [1.807, 2.05) is 0 Å². The van der Waals surface area contributed by atoms with Crippen LogP contribution in [0.4, 0.5) is 17.1 Å². The highest BCUT2D eigenvalue weighted by atomic mass is 15.1. The molecule has 8 rings (SSSR count). The van der Waals surface area contributed by atoms with Crippen molar-refractivity contribution in [3.05, 3.63) is 197 Å². The Balaban J connectivity index is 1.24. The monoisotopic (exact) mass is 607 g/mol. The lowest BCUT2D eigenvalue weighted by molar-refractivity contribution is 0.532. The van der Waals surface area contributed by atoms with Crippen molar-refractivity contribution in [2.24, 2.45) is 11.8 Å². The predicted octanol–water partition coefficient (Wildman–Crippen LogP) is 12.5. The largest absolute Gasteiger partial charge is 0.311 e. The first-order valence-corrected chi connectivity index (χ1v) is 17.2. The topological polar surface area (TPSA) is 3.24 Å². The van der Waals surface area contributed by atoms with Gasteiger partial charge in [0.2, 0.25) is 0 Å². The zero-order valence-corrected chi connectivity index (χ0v) is 27.1. The summed E-state index contributed by atoms with van der Waals surface area (Å²) in [6.45, 7) is 2.40. The molecule has 3 atom stereocenters. The molecule has 5 aromatic carbocycles. The Kier molecular flexibility index (Phi) is 8.05. The Bertz CT molecular complexity index is 1940. The van der Waals surface area contributed by atoms with E-state index in [-0.39, 0.29) is 5.92 Å². The Hall–Kier alpha value is -5.14. The van der Waals surface area contributed by atoms with E-state index in [1.54, 1.807) is 0 Å². The summed E-state index contributed by atoms with van der Waals surface area (Å²) in [5.74, 6) is 1.32. The van der Waals surface area contributed by atoms with Gasteiger partial charge in [-0.3, -0.25) is 0 Å². The van der Waals surface area contributed by atoms with E-state index >= 15 is 0 Å². The molecule has 5 aromatic rings. The van der Waals surface area contributed by atoms with Gasteiger partial charge in [-0.1, -0.05) is 135 Å². The third kappa shape index (κ3) is 5.72. The van der Waals surface area contributed by atoms with Crippen LogP contribution >= 0.6 is 0 Å². The number of fused-ring (bicyclic) bond motifs is 2. The summed E-state index contributed by atoms with van der Waals surface area (Å²) in [5, 5.41) is 0. The minimum Gasteiger partial charge on any atom is -0.311 e. The van der Waals surface area contributed by atoms with Crippen molar-refractivity contribution in [3.63, 3.8) is 0 Å². The average Bonchev–Trinajstić information content (AvgIpc) is 3.36. The van der Waals surface area contributed by atoms with Gasteiger partial charge in [0.15, 0.2) is 0 Å². The molecule has 1 heteroatoms. The van der Waals surface area contributed by atoms with Gasteiger partial charge in [-0.05, 0) is 112 Å². The van der Waals surface area contributed by atoms with Crippen molar-refractivity contribution >= 4 is 28.2 Å². The van der Waals surface area contributed by atoms with Crippen LogP contribution in [-0.2, 0) is 0 Å². The highest BCUT2D eigenvalue weighted by Gasteiger charge is 2.36. The number of hydrogen-bond donors (Lipinski definition) is 0. The minimum absolute atomic E-state index is 0.290. The quantitative estimate of drug-likeness (QED) is 0.186. The lowest BCUT2D eigenvalue weighted by atomic mass is 9.65. The molecule has 47 heavy (non-hydrogen) atoms. The van der Waals surface area contributed by atoms with Gasteiger partial charge in [-0.2, -0.15) is 0 Å². The van der Waals surface area contributed by atoms with Crippen LogP contribution in [-0.4, -0.2) is 0 Å². The second-order valence-electron chi connectivity index (χ2n) is 13.3. The molecule has 0 aliphatic heterocycles. The van der Waals surface area contributed by atoms with Crippen molar-refractivity contribution in [3.8, 4) is 0 Å². The number of allylic oxidation sites excluding steroid dienone is 8. The lowest BCUT2D eigenvalue weighted by Crippen LogP contribution is -2.23. The van der Waals surface area contributed by atoms with Crippen LogP contribution in [0, 0.1) is 11.8 Å². The van der Waals surface area contributed by atoms with Gasteiger partial charge in [-0.15, -0.1) is 0 Å². The maximum Gasteiger partial charge on any atom is 0.0462 e. The molecular formula is C46H41N. The normalized spacial score (nSPS) is 20.4. The molecule has 0 bridgehead atoms. The van der Waals surface area contributed by atoms with E-state index in [9.17, 15) is 0 Å². The van der Waals surface area contributed by atoms with Crippen molar-refractivity contribution in [1.82, 2.24) is 0 Å². The molecule has 3 aliphatic carbocycles. The predicted molar refractivity (Wildman–Crippen MR) is 199 cm³/mol. The maximum absolute atomic E-state index is 2.57. The second kappa shape index (κ2) is 12.9. The zero-order valence-electron chi connectivity index (χ0n) is 27.1. The lowest BCUT2D eigenvalue weighted by Gasteiger charge is -2.38. The van der Waals surface area contributed by atoms with Crippen LogP contribution in [0.25, 0.3) is 11.1 Å². The molecule has 1 nitrogen and oxygen atoms in total. The van der Waals surface area contributed by atoms with Crippen LogP contribution in [0.1, 0.15) is 60.8 Å². The summed E-state index contributed by atoms with van der Waals surface area (Å²) >= 11 is 0. The first kappa shape index (κ1) is 29.3. The number of rotatable bonds is 6. The van der Waals surface area contributed by atoms with E-state index in [0.717, 1.165) is 35.8 Å². The molecule has 3 unspecified atom stereocenters. The second-order valence-corrected chi connectivity index (χ2v) is 13.3. The molecular weight excluding hydrogens is 567 g/mol. The Morgan fingerprint density at radius 2 is 1.26 bits per heavy atom. The van der Waals surface area contributed by atoms with E-state index in [4.69, 9.17) is 0 Å². The third-order valence-electron chi connectivity index (χ3n) is 10.2. The minimum atomic E-state index is 0.290. The van der Waals surface area contributed by atoms with Gasteiger partial charge in [0.25, 0.3) is 0 Å². The summed E-state index contributed by atoms with van der Waals surface area (Å²) in [7, 11) is 0. The number of nitrogens with zero attached hydrogens (tertiary/aromatic N) is 1. The first-order chi connectivity index (χ1) is 23.2. The van der Waals surface area contributed by atoms with Crippen LogP contribution in [0.5, 0.6) is 0 Å². The number of para-hydroxylation sites is 2. The molecule has 0 aromatic heterocycles.